The molecule has 0 radical (unpaired) electrons. The first-order chi connectivity index (χ1) is 16.5. The fraction of sp³-hybridized carbons (Fsp3) is 0.667. The second kappa shape index (κ2) is 15.6. The summed E-state index contributed by atoms with van der Waals surface area (Å²) < 4.78 is 20.5. The Kier molecular flexibility index (Phi) is 14.4. The SMILES string of the molecule is C=C/C=C\[C@H](C)[C@H](OCc1ccc(OC)cc1)[C@@H](C)[C@H](O[Si](C(C)C)(C(C)C)C(C)C)[C@@H](C)CI. The summed E-state index contributed by atoms with van der Waals surface area (Å²) in [5.41, 5.74) is 2.80. The average Bonchev–Trinajstić information content (AvgIpc) is 2.82. The second-order valence-corrected chi connectivity index (χ2v) is 17.3. The van der Waals surface area contributed by atoms with Crippen LogP contribution in [0.5, 0.6) is 5.75 Å². The molecule has 0 saturated heterocycles. The summed E-state index contributed by atoms with van der Waals surface area (Å²) in [5, 5.41) is 0. The minimum atomic E-state index is -2.04. The molecule has 0 aromatic heterocycles. The Balaban J connectivity index is 3.35. The van der Waals surface area contributed by atoms with Gasteiger partial charge in [0, 0.05) is 16.3 Å². The van der Waals surface area contributed by atoms with Crippen molar-refractivity contribution in [3.8, 4) is 5.75 Å². The maximum Gasteiger partial charge on any atom is 0.200 e. The van der Waals surface area contributed by atoms with Crippen molar-refractivity contribution in [2.45, 2.75) is 97.8 Å². The van der Waals surface area contributed by atoms with E-state index in [4.69, 9.17) is 13.9 Å². The van der Waals surface area contributed by atoms with E-state index in [0.717, 1.165) is 15.7 Å². The van der Waals surface area contributed by atoms with Crippen molar-refractivity contribution in [2.75, 3.05) is 11.5 Å². The highest BCUT2D eigenvalue weighted by Gasteiger charge is 2.49. The topological polar surface area (TPSA) is 27.7 Å². The Labute approximate surface area is 231 Å². The first kappa shape index (κ1) is 32.4. The predicted molar refractivity (Wildman–Crippen MR) is 163 cm³/mol. The third-order valence-electron chi connectivity index (χ3n) is 7.56. The summed E-state index contributed by atoms with van der Waals surface area (Å²) in [6, 6.07) is 8.16. The fourth-order valence-electron chi connectivity index (χ4n) is 5.72. The number of ether oxygens (including phenoxy) is 2. The van der Waals surface area contributed by atoms with E-state index in [9.17, 15) is 0 Å². The number of methoxy groups -OCH3 is 1. The van der Waals surface area contributed by atoms with Crippen molar-refractivity contribution in [1.29, 1.82) is 0 Å². The maximum absolute atomic E-state index is 7.45. The minimum Gasteiger partial charge on any atom is -0.497 e. The maximum atomic E-state index is 7.45. The number of halogens is 1. The number of alkyl halides is 1. The van der Waals surface area contributed by atoms with Crippen molar-refractivity contribution in [3.05, 3.63) is 54.6 Å². The van der Waals surface area contributed by atoms with Gasteiger partial charge in [0.15, 0.2) is 0 Å². The molecule has 0 spiro atoms. The molecule has 0 aliphatic rings. The van der Waals surface area contributed by atoms with Crippen molar-refractivity contribution in [1.82, 2.24) is 0 Å². The highest BCUT2D eigenvalue weighted by Crippen LogP contribution is 2.45. The number of hydrogen-bond donors (Lipinski definition) is 0. The number of hydrogen-bond acceptors (Lipinski definition) is 3. The molecule has 1 aromatic rings. The monoisotopic (exact) mass is 614 g/mol. The molecule has 1 aromatic carbocycles. The largest absolute Gasteiger partial charge is 0.497 e. The van der Waals surface area contributed by atoms with Gasteiger partial charge in [-0.3, -0.25) is 0 Å². The van der Waals surface area contributed by atoms with E-state index in [1.807, 2.05) is 24.3 Å². The van der Waals surface area contributed by atoms with Crippen molar-refractivity contribution < 1.29 is 13.9 Å². The lowest BCUT2D eigenvalue weighted by atomic mass is 9.84. The van der Waals surface area contributed by atoms with Crippen LogP contribution < -0.4 is 4.74 Å². The normalized spacial score (nSPS) is 17.1. The van der Waals surface area contributed by atoms with Gasteiger partial charge < -0.3 is 13.9 Å². The van der Waals surface area contributed by atoms with E-state index < -0.39 is 8.32 Å². The predicted octanol–water partition coefficient (Wildman–Crippen LogP) is 9.23. The van der Waals surface area contributed by atoms with Gasteiger partial charge in [0.05, 0.1) is 25.9 Å². The molecular weight excluding hydrogens is 563 g/mol. The van der Waals surface area contributed by atoms with Crippen LogP contribution in [0.15, 0.2) is 49.1 Å². The molecule has 5 heteroatoms. The Bertz CT molecular complexity index is 738. The van der Waals surface area contributed by atoms with Crippen LogP contribution >= 0.6 is 22.6 Å². The van der Waals surface area contributed by atoms with Crippen molar-refractivity contribution in [3.63, 3.8) is 0 Å². The summed E-state index contributed by atoms with van der Waals surface area (Å²) in [4.78, 5) is 0. The summed E-state index contributed by atoms with van der Waals surface area (Å²) in [6.45, 7) is 25.6. The Hall–Kier alpha value is -0.633. The summed E-state index contributed by atoms with van der Waals surface area (Å²) in [5.74, 6) is 1.78. The molecule has 3 nitrogen and oxygen atoms in total. The molecule has 0 amide bonds. The first-order valence-corrected chi connectivity index (χ1v) is 16.9. The molecular formula is C30H51IO3Si. The van der Waals surface area contributed by atoms with E-state index >= 15 is 0 Å². The molecule has 35 heavy (non-hydrogen) atoms. The zero-order valence-electron chi connectivity index (χ0n) is 23.9. The van der Waals surface area contributed by atoms with E-state index in [1.54, 1.807) is 7.11 Å². The second-order valence-electron chi connectivity index (χ2n) is 11.0. The van der Waals surface area contributed by atoms with E-state index in [2.05, 4.69) is 110 Å². The van der Waals surface area contributed by atoms with Crippen molar-refractivity contribution >= 4 is 30.9 Å². The quantitative estimate of drug-likeness (QED) is 0.0804. The van der Waals surface area contributed by atoms with Gasteiger partial charge >= 0.3 is 0 Å². The van der Waals surface area contributed by atoms with Crippen LogP contribution in [0.4, 0.5) is 0 Å². The molecule has 0 unspecified atom stereocenters. The Morgan fingerprint density at radius 1 is 0.886 bits per heavy atom. The molecule has 200 valence electrons. The number of benzene rings is 1. The van der Waals surface area contributed by atoms with Gasteiger partial charge in [0.2, 0.25) is 8.32 Å². The average molecular weight is 615 g/mol. The van der Waals surface area contributed by atoms with Gasteiger partial charge in [0.1, 0.15) is 5.75 Å². The molecule has 0 fully saturated rings. The van der Waals surface area contributed by atoms with Crippen LogP contribution in [-0.2, 0) is 15.8 Å². The van der Waals surface area contributed by atoms with Gasteiger partial charge in [-0.05, 0) is 40.2 Å². The van der Waals surface area contributed by atoms with Crippen LogP contribution in [-0.4, -0.2) is 32.1 Å². The third kappa shape index (κ3) is 8.72. The van der Waals surface area contributed by atoms with Crippen LogP contribution in [0.1, 0.15) is 67.9 Å². The molecule has 1 rings (SSSR count). The standard InChI is InChI=1S/C30H51IO3Si/c1-12-13-14-24(8)29(33-20-27-15-17-28(32-11)18-16-27)26(10)30(25(9)19-31)34-35(21(2)3,22(4)5)23(6)7/h12-18,21-26,29-30H,1,19-20H2,2-11H3/b14-13-/t24-,25-,26+,29-,30+/m0/s1. The zero-order valence-corrected chi connectivity index (χ0v) is 27.0. The molecule has 0 aliphatic carbocycles. The molecule has 0 aliphatic heterocycles. The number of allylic oxidation sites excluding steroid dienone is 2. The van der Waals surface area contributed by atoms with Crippen LogP contribution in [0.3, 0.4) is 0 Å². The van der Waals surface area contributed by atoms with Crippen LogP contribution in [0, 0.1) is 17.8 Å². The van der Waals surface area contributed by atoms with E-state index in [0.29, 0.717) is 29.1 Å². The third-order valence-corrected chi connectivity index (χ3v) is 15.0. The highest BCUT2D eigenvalue weighted by molar-refractivity contribution is 14.1. The molecule has 0 saturated carbocycles. The number of rotatable bonds is 16. The lowest BCUT2D eigenvalue weighted by molar-refractivity contribution is -0.0627. The summed E-state index contributed by atoms with van der Waals surface area (Å²) >= 11 is 2.52. The molecule has 0 N–H and O–H groups in total. The summed E-state index contributed by atoms with van der Waals surface area (Å²) in [6.07, 6.45) is 6.27. The fourth-order valence-corrected chi connectivity index (χ4v) is 12.0. The molecule has 5 atom stereocenters. The van der Waals surface area contributed by atoms with E-state index in [-0.39, 0.29) is 24.0 Å². The lowest BCUT2D eigenvalue weighted by Crippen LogP contribution is -2.54. The van der Waals surface area contributed by atoms with Gasteiger partial charge in [-0.25, -0.2) is 0 Å². The van der Waals surface area contributed by atoms with Gasteiger partial charge in [-0.15, -0.1) is 0 Å². The van der Waals surface area contributed by atoms with Gasteiger partial charge in [-0.2, -0.15) is 0 Å². The zero-order chi connectivity index (χ0) is 26.8. The first-order valence-electron chi connectivity index (χ1n) is 13.2. The van der Waals surface area contributed by atoms with E-state index in [1.165, 1.54) is 0 Å². The van der Waals surface area contributed by atoms with Gasteiger partial charge in [-0.1, -0.05) is 122 Å². The Morgan fingerprint density at radius 2 is 1.43 bits per heavy atom. The molecule has 0 bridgehead atoms. The van der Waals surface area contributed by atoms with Crippen molar-refractivity contribution in [2.24, 2.45) is 17.8 Å². The van der Waals surface area contributed by atoms with Crippen LogP contribution in [0.2, 0.25) is 16.6 Å². The van der Waals surface area contributed by atoms with Crippen LogP contribution in [0.25, 0.3) is 0 Å². The highest BCUT2D eigenvalue weighted by atomic mass is 127. The lowest BCUT2D eigenvalue weighted by Gasteiger charge is -2.48. The Morgan fingerprint density at radius 3 is 1.86 bits per heavy atom. The summed E-state index contributed by atoms with van der Waals surface area (Å²) in [7, 11) is -0.348. The van der Waals surface area contributed by atoms with Gasteiger partial charge in [0.25, 0.3) is 0 Å². The minimum absolute atomic E-state index is 0.0295. The molecule has 0 heterocycles. The smallest absolute Gasteiger partial charge is 0.200 e.